The van der Waals surface area contributed by atoms with Crippen molar-refractivity contribution in [1.29, 1.82) is 0 Å². The number of aromatic hydroxyl groups is 1. The molecule has 2 aliphatic heterocycles. The van der Waals surface area contributed by atoms with Gasteiger partial charge in [0.05, 0.1) is 0 Å². The van der Waals surface area contributed by atoms with E-state index in [1.54, 1.807) is 12.1 Å². The smallest absolute Gasteiger partial charge is 0.410 e. The molecule has 1 spiro atoms. The van der Waals surface area contributed by atoms with Crippen LogP contribution in [0.2, 0.25) is 0 Å². The molecule has 1 N–H and O–H groups in total. The summed E-state index contributed by atoms with van der Waals surface area (Å²) < 4.78 is 5.45. The topological polar surface area (TPSA) is 53.0 Å². The molecular formula is C18H26N2O3. The molecule has 2 aliphatic rings. The van der Waals surface area contributed by atoms with Crippen molar-refractivity contribution in [3.8, 4) is 5.75 Å². The molecule has 0 radical (unpaired) electrons. The van der Waals surface area contributed by atoms with Crippen molar-refractivity contribution in [3.05, 3.63) is 24.3 Å². The van der Waals surface area contributed by atoms with Gasteiger partial charge in [0, 0.05) is 37.3 Å². The van der Waals surface area contributed by atoms with Gasteiger partial charge in [-0.15, -0.1) is 0 Å². The van der Waals surface area contributed by atoms with Crippen molar-refractivity contribution in [2.45, 2.75) is 39.2 Å². The number of likely N-dealkylation sites (tertiary alicyclic amines) is 1. The fourth-order valence-corrected chi connectivity index (χ4v) is 3.42. The molecule has 0 bridgehead atoms. The van der Waals surface area contributed by atoms with Crippen molar-refractivity contribution in [1.82, 2.24) is 4.90 Å². The third-order valence-electron chi connectivity index (χ3n) is 4.74. The highest BCUT2D eigenvalue weighted by molar-refractivity contribution is 5.68. The number of nitrogens with zero attached hydrogens (tertiary/aromatic N) is 2. The van der Waals surface area contributed by atoms with Crippen LogP contribution < -0.4 is 4.90 Å². The number of hydrogen-bond acceptors (Lipinski definition) is 4. The molecule has 1 aromatic carbocycles. The molecule has 0 saturated carbocycles. The molecule has 2 heterocycles. The highest BCUT2D eigenvalue weighted by atomic mass is 16.6. The Balaban J connectivity index is 1.50. The molecule has 0 aromatic heterocycles. The van der Waals surface area contributed by atoms with Crippen LogP contribution in [0.25, 0.3) is 0 Å². The number of carbonyl (C=O) groups is 1. The molecule has 3 rings (SSSR count). The number of phenolic OH excluding ortho intramolecular Hbond substituents is 1. The minimum atomic E-state index is -0.432. The van der Waals surface area contributed by atoms with Crippen molar-refractivity contribution in [3.63, 3.8) is 0 Å². The summed E-state index contributed by atoms with van der Waals surface area (Å²) >= 11 is 0. The standard InChI is InChI=1S/C18H26N2O3/c1-17(2,3)23-16(22)19-10-8-18(9-11-19)12-20(13-18)14-4-6-15(21)7-5-14/h4-7,21H,8-13H2,1-3H3. The summed E-state index contributed by atoms with van der Waals surface area (Å²) in [7, 11) is 0. The van der Waals surface area contributed by atoms with E-state index in [2.05, 4.69) is 4.90 Å². The van der Waals surface area contributed by atoms with E-state index >= 15 is 0 Å². The van der Waals surface area contributed by atoms with Crippen LogP contribution in [0.3, 0.4) is 0 Å². The van der Waals surface area contributed by atoms with Gasteiger partial charge in [-0.25, -0.2) is 4.79 Å². The summed E-state index contributed by atoms with van der Waals surface area (Å²) in [6.07, 6.45) is 1.86. The number of anilines is 1. The molecule has 0 atom stereocenters. The molecule has 1 amide bonds. The van der Waals surface area contributed by atoms with Crippen molar-refractivity contribution < 1.29 is 14.6 Å². The van der Waals surface area contributed by atoms with Gasteiger partial charge in [0.25, 0.3) is 0 Å². The molecule has 0 aliphatic carbocycles. The second-order valence-corrected chi connectivity index (χ2v) is 7.84. The van der Waals surface area contributed by atoms with Crippen molar-refractivity contribution in [2.24, 2.45) is 5.41 Å². The second-order valence-electron chi connectivity index (χ2n) is 7.84. The molecule has 2 fully saturated rings. The molecule has 23 heavy (non-hydrogen) atoms. The Kier molecular flexibility index (Phi) is 3.90. The van der Waals surface area contributed by atoms with Gasteiger partial charge in [-0.1, -0.05) is 0 Å². The summed E-state index contributed by atoms with van der Waals surface area (Å²) in [6.45, 7) is 9.31. The number of carbonyl (C=O) groups excluding carboxylic acids is 1. The van der Waals surface area contributed by atoms with Crippen LogP contribution in [-0.4, -0.2) is 47.9 Å². The van der Waals surface area contributed by atoms with E-state index in [0.717, 1.165) is 44.7 Å². The summed E-state index contributed by atoms with van der Waals surface area (Å²) in [4.78, 5) is 16.3. The first-order valence-corrected chi connectivity index (χ1v) is 8.28. The molecule has 126 valence electrons. The largest absolute Gasteiger partial charge is 0.508 e. The number of piperidine rings is 1. The van der Waals surface area contributed by atoms with E-state index in [-0.39, 0.29) is 6.09 Å². The monoisotopic (exact) mass is 318 g/mol. The fraction of sp³-hybridized carbons (Fsp3) is 0.611. The number of ether oxygens (including phenoxy) is 1. The number of rotatable bonds is 1. The van der Waals surface area contributed by atoms with Crippen LogP contribution >= 0.6 is 0 Å². The lowest BCUT2D eigenvalue weighted by molar-refractivity contribution is 0.00598. The zero-order chi connectivity index (χ0) is 16.7. The van der Waals surface area contributed by atoms with Gasteiger partial charge in [-0.05, 0) is 57.9 Å². The highest BCUT2D eigenvalue weighted by Crippen LogP contribution is 2.42. The minimum absolute atomic E-state index is 0.193. The van der Waals surface area contributed by atoms with Crippen LogP contribution in [0.15, 0.2) is 24.3 Å². The molecule has 5 heteroatoms. The molecule has 5 nitrogen and oxygen atoms in total. The van der Waals surface area contributed by atoms with E-state index in [1.165, 1.54) is 0 Å². The highest BCUT2D eigenvalue weighted by Gasteiger charge is 2.45. The van der Waals surface area contributed by atoms with Crippen LogP contribution in [0, 0.1) is 5.41 Å². The maximum atomic E-state index is 12.1. The fourth-order valence-electron chi connectivity index (χ4n) is 3.42. The first kappa shape index (κ1) is 16.0. The average molecular weight is 318 g/mol. The quantitative estimate of drug-likeness (QED) is 0.864. The second kappa shape index (κ2) is 5.62. The van der Waals surface area contributed by atoms with Crippen LogP contribution in [0.4, 0.5) is 10.5 Å². The van der Waals surface area contributed by atoms with Gasteiger partial charge >= 0.3 is 6.09 Å². The average Bonchev–Trinajstić information content (AvgIpc) is 2.44. The number of hydrogen-bond donors (Lipinski definition) is 1. The zero-order valence-electron chi connectivity index (χ0n) is 14.2. The van der Waals surface area contributed by atoms with E-state index < -0.39 is 5.60 Å². The Morgan fingerprint density at radius 1 is 1.13 bits per heavy atom. The van der Waals surface area contributed by atoms with Crippen LogP contribution in [0.5, 0.6) is 5.75 Å². The number of phenols is 1. The van der Waals surface area contributed by atoms with E-state index in [9.17, 15) is 9.90 Å². The van der Waals surface area contributed by atoms with Gasteiger partial charge < -0.3 is 19.6 Å². The Labute approximate surface area is 137 Å². The Morgan fingerprint density at radius 2 is 1.70 bits per heavy atom. The number of benzene rings is 1. The van der Waals surface area contributed by atoms with E-state index in [0.29, 0.717) is 11.2 Å². The van der Waals surface area contributed by atoms with E-state index in [1.807, 2.05) is 37.8 Å². The van der Waals surface area contributed by atoms with Gasteiger partial charge in [-0.2, -0.15) is 0 Å². The summed E-state index contributed by atoms with van der Waals surface area (Å²) in [5, 5.41) is 9.37. The Morgan fingerprint density at radius 3 is 2.22 bits per heavy atom. The van der Waals surface area contributed by atoms with Crippen LogP contribution in [0.1, 0.15) is 33.6 Å². The van der Waals surface area contributed by atoms with Gasteiger partial charge in [0.2, 0.25) is 0 Å². The predicted octanol–water partition coefficient (Wildman–Crippen LogP) is 3.23. The maximum absolute atomic E-state index is 12.1. The maximum Gasteiger partial charge on any atom is 0.410 e. The third-order valence-corrected chi connectivity index (χ3v) is 4.74. The molecule has 0 unspecified atom stereocenters. The molecule has 2 saturated heterocycles. The SMILES string of the molecule is CC(C)(C)OC(=O)N1CCC2(CC1)CN(c1ccc(O)cc1)C2. The van der Waals surface area contributed by atoms with Gasteiger partial charge in [-0.3, -0.25) is 0 Å². The zero-order valence-corrected chi connectivity index (χ0v) is 14.2. The summed E-state index contributed by atoms with van der Waals surface area (Å²) in [6, 6.07) is 7.37. The van der Waals surface area contributed by atoms with E-state index in [4.69, 9.17) is 4.74 Å². The Bertz CT molecular complexity index is 561. The lowest BCUT2D eigenvalue weighted by Crippen LogP contribution is -2.61. The molecular weight excluding hydrogens is 292 g/mol. The number of amides is 1. The van der Waals surface area contributed by atoms with Gasteiger partial charge in [0.15, 0.2) is 0 Å². The van der Waals surface area contributed by atoms with Crippen LogP contribution in [-0.2, 0) is 4.74 Å². The van der Waals surface area contributed by atoms with Crippen molar-refractivity contribution >= 4 is 11.8 Å². The first-order chi connectivity index (χ1) is 10.8. The minimum Gasteiger partial charge on any atom is -0.508 e. The predicted molar refractivity (Wildman–Crippen MR) is 89.8 cm³/mol. The summed E-state index contributed by atoms with van der Waals surface area (Å²) in [5.41, 5.74) is 1.05. The first-order valence-electron chi connectivity index (χ1n) is 8.28. The van der Waals surface area contributed by atoms with Gasteiger partial charge in [0.1, 0.15) is 11.4 Å². The van der Waals surface area contributed by atoms with Crippen molar-refractivity contribution in [2.75, 3.05) is 31.1 Å². The molecule has 1 aromatic rings. The lowest BCUT2D eigenvalue weighted by atomic mass is 9.72. The lowest BCUT2D eigenvalue weighted by Gasteiger charge is -2.55. The Hall–Kier alpha value is -1.91. The normalized spacial score (nSPS) is 20.3. The summed E-state index contributed by atoms with van der Waals surface area (Å²) in [5.74, 6) is 0.301. The third kappa shape index (κ3) is 3.54.